The van der Waals surface area contributed by atoms with E-state index in [4.69, 9.17) is 17.3 Å². The highest BCUT2D eigenvalue weighted by atomic mass is 35.5. The first-order valence-electron chi connectivity index (χ1n) is 3.61. The van der Waals surface area contributed by atoms with E-state index in [-0.39, 0.29) is 0 Å². The van der Waals surface area contributed by atoms with E-state index in [2.05, 4.69) is 9.97 Å². The molecule has 66 valence electrons. The molecule has 2 rings (SSSR count). The number of nitrogens with zero attached hydrogens (tertiary/aromatic N) is 1. The van der Waals surface area contributed by atoms with Crippen LogP contribution in [0.4, 0.5) is 0 Å². The molecule has 0 saturated heterocycles. The second-order valence-corrected chi connectivity index (χ2v) is 2.99. The van der Waals surface area contributed by atoms with Crippen LogP contribution in [0.3, 0.4) is 0 Å². The number of nitrogens with one attached hydrogen (secondary N) is 1. The van der Waals surface area contributed by atoms with Crippen LogP contribution in [0.2, 0.25) is 5.02 Å². The molecular weight excluding hydrogens is 190 g/mol. The summed E-state index contributed by atoms with van der Waals surface area (Å²) in [6.45, 7) is 0. The summed E-state index contributed by atoms with van der Waals surface area (Å²) in [4.78, 5) is 17.7. The fourth-order valence-electron chi connectivity index (χ4n) is 1.20. The highest BCUT2D eigenvalue weighted by Gasteiger charge is 2.10. The predicted molar refractivity (Wildman–Crippen MR) is 49.6 cm³/mol. The molecule has 4 nitrogen and oxygen atoms in total. The fourth-order valence-corrected chi connectivity index (χ4v) is 1.41. The van der Waals surface area contributed by atoms with E-state index >= 15 is 0 Å². The molecule has 3 N–H and O–H groups in total. The van der Waals surface area contributed by atoms with Crippen LogP contribution in [-0.2, 0) is 0 Å². The van der Waals surface area contributed by atoms with Gasteiger partial charge in [-0.1, -0.05) is 11.6 Å². The minimum atomic E-state index is -0.495. The van der Waals surface area contributed by atoms with E-state index in [0.29, 0.717) is 21.6 Å². The molecule has 2 aromatic rings. The SMILES string of the molecule is NC(=O)c1ccc(Cl)c2nc[nH]c12. The van der Waals surface area contributed by atoms with Crippen molar-refractivity contribution in [1.29, 1.82) is 0 Å². The summed E-state index contributed by atoms with van der Waals surface area (Å²) in [5, 5.41) is 0.501. The van der Waals surface area contributed by atoms with Gasteiger partial charge in [-0.25, -0.2) is 4.98 Å². The topological polar surface area (TPSA) is 71.8 Å². The molecule has 13 heavy (non-hydrogen) atoms. The van der Waals surface area contributed by atoms with Crippen LogP contribution in [0.15, 0.2) is 18.5 Å². The Bertz CT molecular complexity index is 477. The second kappa shape index (κ2) is 2.74. The van der Waals surface area contributed by atoms with Gasteiger partial charge in [-0.3, -0.25) is 4.79 Å². The first-order valence-corrected chi connectivity index (χ1v) is 3.99. The van der Waals surface area contributed by atoms with Crippen molar-refractivity contribution < 1.29 is 4.79 Å². The molecule has 0 unspecified atom stereocenters. The van der Waals surface area contributed by atoms with Gasteiger partial charge in [0.25, 0.3) is 5.91 Å². The van der Waals surface area contributed by atoms with Crippen LogP contribution in [0.25, 0.3) is 11.0 Å². The average Bonchev–Trinajstić information content (AvgIpc) is 2.53. The second-order valence-electron chi connectivity index (χ2n) is 2.59. The van der Waals surface area contributed by atoms with Gasteiger partial charge in [-0.05, 0) is 12.1 Å². The lowest BCUT2D eigenvalue weighted by atomic mass is 10.2. The summed E-state index contributed by atoms with van der Waals surface area (Å²) >= 11 is 5.84. The number of carbonyl (C=O) groups excluding carboxylic acids is 1. The summed E-state index contributed by atoms with van der Waals surface area (Å²) in [6, 6.07) is 3.18. The summed E-state index contributed by atoms with van der Waals surface area (Å²) in [5.74, 6) is -0.495. The van der Waals surface area contributed by atoms with E-state index in [0.717, 1.165) is 0 Å². The van der Waals surface area contributed by atoms with Gasteiger partial charge in [-0.15, -0.1) is 0 Å². The number of nitrogens with two attached hydrogens (primary N) is 1. The van der Waals surface area contributed by atoms with Crippen molar-refractivity contribution in [2.75, 3.05) is 0 Å². The summed E-state index contributed by atoms with van der Waals surface area (Å²) < 4.78 is 0. The summed E-state index contributed by atoms with van der Waals surface area (Å²) in [5.41, 5.74) is 6.71. The lowest BCUT2D eigenvalue weighted by Crippen LogP contribution is -2.11. The number of aromatic nitrogens is 2. The van der Waals surface area contributed by atoms with Crippen LogP contribution in [0.5, 0.6) is 0 Å². The number of fused-ring (bicyclic) bond motifs is 1. The molecule has 1 amide bonds. The molecule has 0 aliphatic heterocycles. The molecule has 1 heterocycles. The Balaban J connectivity index is 2.86. The third kappa shape index (κ3) is 1.15. The van der Waals surface area contributed by atoms with E-state index in [1.165, 1.54) is 6.33 Å². The molecule has 0 radical (unpaired) electrons. The molecule has 0 atom stereocenters. The maximum Gasteiger partial charge on any atom is 0.250 e. The number of amides is 1. The Morgan fingerprint density at radius 2 is 2.31 bits per heavy atom. The number of primary amides is 1. The van der Waals surface area contributed by atoms with Crippen LogP contribution >= 0.6 is 11.6 Å². The molecule has 1 aromatic carbocycles. The van der Waals surface area contributed by atoms with Gasteiger partial charge in [0, 0.05) is 0 Å². The predicted octanol–water partition coefficient (Wildman–Crippen LogP) is 1.32. The molecule has 5 heteroatoms. The number of hydrogen-bond acceptors (Lipinski definition) is 2. The fraction of sp³-hybridized carbons (Fsp3) is 0. The Morgan fingerprint density at radius 3 is 3.00 bits per heavy atom. The molecule has 0 aliphatic rings. The largest absolute Gasteiger partial charge is 0.366 e. The van der Waals surface area contributed by atoms with E-state index in [1.807, 2.05) is 0 Å². The number of hydrogen-bond donors (Lipinski definition) is 2. The van der Waals surface area contributed by atoms with Crippen molar-refractivity contribution in [2.24, 2.45) is 5.73 Å². The third-order valence-electron chi connectivity index (χ3n) is 1.80. The summed E-state index contributed by atoms with van der Waals surface area (Å²) in [6.07, 6.45) is 1.48. The third-order valence-corrected chi connectivity index (χ3v) is 2.10. The minimum absolute atomic E-state index is 0.400. The molecule has 0 saturated carbocycles. The van der Waals surface area contributed by atoms with Gasteiger partial charge in [0.2, 0.25) is 0 Å². The maximum absolute atomic E-state index is 11.0. The normalized spacial score (nSPS) is 10.5. The van der Waals surface area contributed by atoms with Gasteiger partial charge in [-0.2, -0.15) is 0 Å². The highest BCUT2D eigenvalue weighted by molar-refractivity contribution is 6.35. The number of H-pyrrole nitrogens is 1. The quantitative estimate of drug-likeness (QED) is 0.720. The van der Waals surface area contributed by atoms with Crippen LogP contribution < -0.4 is 5.73 Å². The van der Waals surface area contributed by atoms with Crippen molar-refractivity contribution >= 4 is 28.5 Å². The number of aromatic amines is 1. The number of rotatable bonds is 1. The van der Waals surface area contributed by atoms with Crippen LogP contribution in [-0.4, -0.2) is 15.9 Å². The number of benzene rings is 1. The molecule has 0 spiro atoms. The lowest BCUT2D eigenvalue weighted by Gasteiger charge is -1.97. The number of imidazole rings is 1. The maximum atomic E-state index is 11.0. The first-order chi connectivity index (χ1) is 6.20. The van der Waals surface area contributed by atoms with E-state index < -0.39 is 5.91 Å². The monoisotopic (exact) mass is 195 g/mol. The van der Waals surface area contributed by atoms with Crippen molar-refractivity contribution in [3.63, 3.8) is 0 Å². The summed E-state index contributed by atoms with van der Waals surface area (Å²) in [7, 11) is 0. The number of carbonyl (C=O) groups is 1. The Labute approximate surface area is 78.7 Å². The van der Waals surface area contributed by atoms with Gasteiger partial charge >= 0.3 is 0 Å². The molecule has 0 fully saturated rings. The molecule has 1 aromatic heterocycles. The minimum Gasteiger partial charge on any atom is -0.366 e. The Hall–Kier alpha value is -1.55. The van der Waals surface area contributed by atoms with Gasteiger partial charge in [0.05, 0.1) is 22.4 Å². The van der Waals surface area contributed by atoms with Crippen LogP contribution in [0.1, 0.15) is 10.4 Å². The number of halogens is 1. The van der Waals surface area contributed by atoms with Gasteiger partial charge < -0.3 is 10.7 Å². The zero-order valence-electron chi connectivity index (χ0n) is 6.54. The van der Waals surface area contributed by atoms with E-state index in [9.17, 15) is 4.79 Å². The molecular formula is C8H6ClN3O. The zero-order chi connectivity index (χ0) is 9.42. The smallest absolute Gasteiger partial charge is 0.250 e. The van der Waals surface area contributed by atoms with Crippen molar-refractivity contribution in [1.82, 2.24) is 9.97 Å². The van der Waals surface area contributed by atoms with Crippen molar-refractivity contribution in [3.8, 4) is 0 Å². The van der Waals surface area contributed by atoms with Gasteiger partial charge in [0.15, 0.2) is 0 Å². The van der Waals surface area contributed by atoms with Crippen molar-refractivity contribution in [2.45, 2.75) is 0 Å². The molecule has 0 bridgehead atoms. The zero-order valence-corrected chi connectivity index (χ0v) is 7.30. The lowest BCUT2D eigenvalue weighted by molar-refractivity contribution is 0.100. The van der Waals surface area contributed by atoms with E-state index in [1.54, 1.807) is 12.1 Å². The standard InChI is InChI=1S/C8H6ClN3O/c9-5-2-1-4(8(10)13)6-7(5)12-3-11-6/h1-3H,(H2,10,13)(H,11,12). The van der Waals surface area contributed by atoms with Crippen molar-refractivity contribution in [3.05, 3.63) is 29.0 Å². The van der Waals surface area contributed by atoms with Crippen LogP contribution in [0, 0.1) is 0 Å². The Morgan fingerprint density at radius 1 is 1.54 bits per heavy atom. The van der Waals surface area contributed by atoms with Gasteiger partial charge in [0.1, 0.15) is 5.52 Å². The Kier molecular flexibility index (Phi) is 1.70. The first kappa shape index (κ1) is 8.07. The highest BCUT2D eigenvalue weighted by Crippen LogP contribution is 2.22. The molecule has 0 aliphatic carbocycles. The average molecular weight is 196 g/mol.